The molecule has 5 aromatic carbocycles. The molecule has 1 saturated carbocycles. The summed E-state index contributed by atoms with van der Waals surface area (Å²) in [6.07, 6.45) is 3.98. The van der Waals surface area contributed by atoms with Crippen LogP contribution in [-0.2, 0) is 23.8 Å². The predicted molar refractivity (Wildman–Crippen MR) is 249 cm³/mol. The van der Waals surface area contributed by atoms with Gasteiger partial charge in [0.1, 0.15) is 23.4 Å². The van der Waals surface area contributed by atoms with Crippen molar-refractivity contribution in [2.75, 3.05) is 34.5 Å². The van der Waals surface area contributed by atoms with Gasteiger partial charge in [0.2, 0.25) is 6.20 Å². The Balaban J connectivity index is 0.932. The highest BCUT2D eigenvalue weighted by atomic mass is 16.5. The number of ether oxygens (including phenoxy) is 3. The average Bonchev–Trinajstić information content (AvgIpc) is 4.20. The zero-order valence-corrected chi connectivity index (χ0v) is 37.7. The molecule has 15 nitrogen and oxygen atoms in total. The van der Waals surface area contributed by atoms with Crippen molar-refractivity contribution in [1.29, 1.82) is 0 Å². The Morgan fingerprint density at radius 1 is 0.803 bits per heavy atom. The van der Waals surface area contributed by atoms with Crippen LogP contribution in [0.3, 0.4) is 0 Å². The fourth-order valence-electron chi connectivity index (χ4n) is 10.9. The van der Waals surface area contributed by atoms with Crippen LogP contribution in [0.15, 0.2) is 97.2 Å². The second kappa shape index (κ2) is 17.4. The predicted octanol–water partition coefficient (Wildman–Crippen LogP) is 7.83. The molecule has 15 heteroatoms. The van der Waals surface area contributed by atoms with Crippen LogP contribution in [-0.4, -0.2) is 95.4 Å². The smallest absolute Gasteiger partial charge is 0.407 e. The number of carbonyl (C=O) groups excluding carboxylic acids is 4. The first kappa shape index (κ1) is 42.9. The van der Waals surface area contributed by atoms with Crippen molar-refractivity contribution < 1.29 is 38.1 Å². The van der Waals surface area contributed by atoms with Gasteiger partial charge in [0.25, 0.3) is 18.0 Å². The van der Waals surface area contributed by atoms with Crippen molar-refractivity contribution in [1.82, 2.24) is 35.5 Å². The lowest BCUT2D eigenvalue weighted by Crippen LogP contribution is -2.56. The number of alkyl carbamates (subject to hydrolysis) is 2. The lowest BCUT2D eigenvalue weighted by atomic mass is 9.96. The number of H-pyrrole nitrogens is 2. The van der Waals surface area contributed by atoms with Crippen LogP contribution in [0.4, 0.5) is 9.59 Å². The highest BCUT2D eigenvalue weighted by Gasteiger charge is 2.52. The number of aromatic nitrogens is 4. The number of fused-ring (bicyclic) bond motifs is 8. The Kier molecular flexibility index (Phi) is 11.3. The number of aromatic amines is 2. The summed E-state index contributed by atoms with van der Waals surface area (Å²) in [6.45, 7) is 4.84. The maximum atomic E-state index is 14.5. The first-order valence-corrected chi connectivity index (χ1v) is 22.8. The maximum Gasteiger partial charge on any atom is 0.407 e. The third-order valence-electron chi connectivity index (χ3n) is 14.1. The number of imidazole rings is 1. The van der Waals surface area contributed by atoms with Crippen LogP contribution in [0.5, 0.6) is 0 Å². The van der Waals surface area contributed by atoms with Crippen LogP contribution in [0.2, 0.25) is 0 Å². The van der Waals surface area contributed by atoms with Crippen molar-refractivity contribution in [3.63, 3.8) is 0 Å². The average molecular weight is 892 g/mol. The minimum atomic E-state index is -0.888. The Labute approximate surface area is 381 Å². The number of carbonyl (C=O) groups is 4. The molecule has 0 spiro atoms. The van der Waals surface area contributed by atoms with Crippen LogP contribution >= 0.6 is 0 Å². The molecule has 3 aliphatic rings. The van der Waals surface area contributed by atoms with E-state index in [4.69, 9.17) is 19.2 Å². The van der Waals surface area contributed by atoms with E-state index in [0.29, 0.717) is 25.1 Å². The van der Waals surface area contributed by atoms with Crippen LogP contribution < -0.4 is 15.3 Å². The molecule has 4 heterocycles. The molecule has 0 radical (unpaired) electrons. The van der Waals surface area contributed by atoms with E-state index in [-0.39, 0.29) is 47.8 Å². The SMILES string of the molecule is COC[C@H]1C[C@@H]([n+]2cc3ccc4cc(-c5ccc6c(ccc7[nH]c([C@@H]8[C@@H]9CC[C@@H](C9)N8C(=O)[C@H](NC(=O)OC)c8ccccc8)nc76)c5)ccc4c3[nH]2)N(C(=O)[C@@H](NC(=O)OC)C(C)C)C1. The minimum Gasteiger partial charge on any atom is -0.453 e. The molecular weight excluding hydrogens is 837 g/mol. The summed E-state index contributed by atoms with van der Waals surface area (Å²) in [4.78, 5) is 65.9. The zero-order chi connectivity index (χ0) is 45.8. The molecule has 2 saturated heterocycles. The second-order valence-corrected chi connectivity index (χ2v) is 18.4. The minimum absolute atomic E-state index is 0.0598. The number of benzene rings is 5. The summed E-state index contributed by atoms with van der Waals surface area (Å²) < 4.78 is 17.3. The third kappa shape index (κ3) is 7.64. The molecule has 4 amide bonds. The van der Waals surface area contributed by atoms with E-state index < -0.39 is 24.3 Å². The van der Waals surface area contributed by atoms with Crippen molar-refractivity contribution in [3.05, 3.63) is 109 Å². The van der Waals surface area contributed by atoms with Gasteiger partial charge in [0.05, 0.1) is 43.3 Å². The van der Waals surface area contributed by atoms with Gasteiger partial charge in [0, 0.05) is 42.8 Å². The quantitative estimate of drug-likeness (QED) is 0.0951. The van der Waals surface area contributed by atoms with Gasteiger partial charge in [-0.05, 0) is 82.8 Å². The van der Waals surface area contributed by atoms with E-state index in [1.165, 1.54) is 14.2 Å². The van der Waals surface area contributed by atoms with Gasteiger partial charge >= 0.3 is 12.2 Å². The highest BCUT2D eigenvalue weighted by molar-refractivity contribution is 6.08. The molecule has 3 fully saturated rings. The standard InChI is InChI=1S/C51H54N8O7/c1-28(2)42(54-50(62)65-4)48(60)57-25-29(27-64-3)21-41(57)58-26-36-12-11-33-22-31(14-18-38(33)43(36)56-58)32-15-19-39-34(23-32)16-20-40-45(39)53-47(52-40)46-35-13-17-37(24-35)59(46)49(61)44(55-51(63)66-5)30-9-7-6-8-10-30/h6-12,14-16,18-20,22-23,26,28-29,35,37,41-42,44,46H,13,17,21,24-25,27H2,1-5H3,(H3,52,53,54,55,56,62,63)/p+1/t29-,35+,37-,41+,42-,44+,46-/m0/s1. The van der Waals surface area contributed by atoms with Crippen molar-refractivity contribution >= 4 is 67.5 Å². The molecule has 340 valence electrons. The van der Waals surface area contributed by atoms with E-state index >= 15 is 0 Å². The van der Waals surface area contributed by atoms with Crippen molar-refractivity contribution in [3.8, 4) is 11.1 Å². The first-order valence-electron chi connectivity index (χ1n) is 22.8. The summed E-state index contributed by atoms with van der Waals surface area (Å²) >= 11 is 0. The fourth-order valence-corrected chi connectivity index (χ4v) is 10.9. The Morgan fingerprint density at radius 2 is 1.50 bits per heavy atom. The Bertz CT molecular complexity index is 3000. The molecule has 7 aromatic rings. The molecule has 10 rings (SSSR count). The second-order valence-electron chi connectivity index (χ2n) is 18.4. The summed E-state index contributed by atoms with van der Waals surface area (Å²) in [5, 5.41) is 14.4. The summed E-state index contributed by atoms with van der Waals surface area (Å²) in [5.74, 6) is 0.668. The Morgan fingerprint density at radius 3 is 2.23 bits per heavy atom. The van der Waals surface area contributed by atoms with E-state index in [1.54, 1.807) is 7.11 Å². The van der Waals surface area contributed by atoms with Gasteiger partial charge in [-0.1, -0.05) is 85.3 Å². The lowest BCUT2D eigenvalue weighted by molar-refractivity contribution is -0.785. The highest BCUT2D eigenvalue weighted by Crippen LogP contribution is 2.51. The number of nitrogens with zero attached hydrogens (tertiary/aromatic N) is 4. The summed E-state index contributed by atoms with van der Waals surface area (Å²) in [7, 11) is 4.27. The number of hydrogen-bond donors (Lipinski definition) is 4. The maximum absolute atomic E-state index is 14.5. The zero-order valence-electron chi connectivity index (χ0n) is 37.7. The molecule has 7 atom stereocenters. The number of rotatable bonds is 11. The summed E-state index contributed by atoms with van der Waals surface area (Å²) in [5.41, 5.74) is 5.57. The molecule has 2 aromatic heterocycles. The fraction of sp³-hybridized carbons (Fsp3) is 0.373. The van der Waals surface area contributed by atoms with Gasteiger partial charge in [0.15, 0.2) is 0 Å². The largest absolute Gasteiger partial charge is 0.453 e. The molecule has 2 bridgehead atoms. The number of likely N-dealkylation sites (tertiary alicyclic amines) is 2. The van der Waals surface area contributed by atoms with Crippen LogP contribution in [0.1, 0.15) is 69.2 Å². The third-order valence-corrected chi connectivity index (χ3v) is 14.1. The number of hydrogen-bond acceptors (Lipinski definition) is 8. The van der Waals surface area contributed by atoms with E-state index in [0.717, 1.165) is 79.7 Å². The van der Waals surface area contributed by atoms with Gasteiger partial charge in [-0.2, -0.15) is 5.10 Å². The molecule has 66 heavy (non-hydrogen) atoms. The van der Waals surface area contributed by atoms with E-state index in [2.05, 4.69) is 87.6 Å². The molecule has 0 unspecified atom stereocenters. The first-order chi connectivity index (χ1) is 32.0. The number of nitrogens with one attached hydrogen (secondary N) is 4. The molecule has 4 N–H and O–H groups in total. The molecule has 1 aliphatic carbocycles. The summed E-state index contributed by atoms with van der Waals surface area (Å²) in [6, 6.07) is 28.9. The van der Waals surface area contributed by atoms with Crippen LogP contribution in [0, 0.1) is 17.8 Å². The van der Waals surface area contributed by atoms with E-state index in [1.807, 2.05) is 58.7 Å². The molecule has 2 aliphatic heterocycles. The van der Waals surface area contributed by atoms with Gasteiger partial charge in [-0.3, -0.25) is 14.5 Å². The van der Waals surface area contributed by atoms with Crippen molar-refractivity contribution in [2.24, 2.45) is 17.8 Å². The number of piperidine rings is 1. The lowest BCUT2D eigenvalue weighted by Gasteiger charge is -2.36. The van der Waals surface area contributed by atoms with Crippen molar-refractivity contribution in [2.45, 2.75) is 69.9 Å². The van der Waals surface area contributed by atoms with E-state index in [9.17, 15) is 19.2 Å². The number of amides is 4. The topological polar surface area (TPSA) is 175 Å². The monoisotopic (exact) mass is 891 g/mol. The number of methoxy groups -OCH3 is 3. The van der Waals surface area contributed by atoms with Gasteiger partial charge in [-0.15, -0.1) is 0 Å². The molecular formula is C51H55N8O7+. The van der Waals surface area contributed by atoms with Crippen LogP contribution in [0.25, 0.3) is 54.6 Å². The Hall–Kier alpha value is -7.00. The van der Waals surface area contributed by atoms with Gasteiger partial charge in [-0.25, -0.2) is 14.6 Å². The van der Waals surface area contributed by atoms with Gasteiger partial charge < -0.3 is 34.7 Å². The normalized spacial score (nSPS) is 21.3.